The Morgan fingerprint density at radius 3 is 2.88 bits per heavy atom. The Morgan fingerprint density at radius 1 is 1.44 bits per heavy atom. The van der Waals surface area contributed by atoms with Crippen LogP contribution in [0.3, 0.4) is 0 Å². The predicted octanol–water partition coefficient (Wildman–Crippen LogP) is 0.197. The molecule has 2 rings (SSSR count). The van der Waals surface area contributed by atoms with Gasteiger partial charge in [-0.3, -0.25) is 9.36 Å². The fourth-order valence-electron chi connectivity index (χ4n) is 1.56. The number of anilines is 1. The molecule has 1 amide bonds. The topological polar surface area (TPSA) is 99.8 Å². The number of carbonyl (C=O) groups is 1. The molecular formula is C10H13N5O. The number of hydrogen-bond acceptors (Lipinski definition) is 4. The number of imidazole rings is 1. The number of nitrogen functional groups attached to an aromatic ring is 1. The summed E-state index contributed by atoms with van der Waals surface area (Å²) in [5, 5.41) is 0. The number of fused-ring (bicyclic) bond motifs is 1. The maximum Gasteiger partial charge on any atom is 0.219 e. The number of amides is 1. The Balaban J connectivity index is 2.45. The summed E-state index contributed by atoms with van der Waals surface area (Å²) in [7, 11) is 0. The van der Waals surface area contributed by atoms with Gasteiger partial charge in [0.25, 0.3) is 0 Å². The second-order valence-corrected chi connectivity index (χ2v) is 3.63. The van der Waals surface area contributed by atoms with Crippen LogP contribution < -0.4 is 11.5 Å². The highest BCUT2D eigenvalue weighted by atomic mass is 16.1. The van der Waals surface area contributed by atoms with E-state index in [2.05, 4.69) is 9.97 Å². The molecule has 0 atom stereocenters. The number of nitrogens with zero attached hydrogens (tertiary/aromatic N) is 3. The summed E-state index contributed by atoms with van der Waals surface area (Å²) in [5.41, 5.74) is 13.2. The normalized spacial score (nSPS) is 10.8. The minimum Gasteiger partial charge on any atom is -0.370 e. The van der Waals surface area contributed by atoms with Crippen LogP contribution in [0.5, 0.6) is 0 Å². The number of carbonyl (C=O) groups excluding carboxylic acids is 1. The minimum absolute atomic E-state index is 0.227. The zero-order chi connectivity index (χ0) is 11.7. The molecule has 0 fully saturated rings. The zero-order valence-corrected chi connectivity index (χ0v) is 8.97. The van der Waals surface area contributed by atoms with E-state index in [0.29, 0.717) is 18.1 Å². The van der Waals surface area contributed by atoms with Gasteiger partial charge in [-0.25, -0.2) is 9.97 Å². The first-order valence-electron chi connectivity index (χ1n) is 4.95. The first-order valence-corrected chi connectivity index (χ1v) is 4.95. The van der Waals surface area contributed by atoms with Crippen molar-refractivity contribution in [2.75, 3.05) is 5.73 Å². The van der Waals surface area contributed by atoms with Crippen LogP contribution in [0.2, 0.25) is 0 Å². The van der Waals surface area contributed by atoms with Crippen molar-refractivity contribution in [3.05, 3.63) is 17.8 Å². The van der Waals surface area contributed by atoms with Crippen LogP contribution in [0, 0.1) is 6.92 Å². The Morgan fingerprint density at radius 2 is 2.19 bits per heavy atom. The maximum atomic E-state index is 10.7. The third kappa shape index (κ3) is 1.81. The number of rotatable bonds is 3. The van der Waals surface area contributed by atoms with Crippen molar-refractivity contribution in [3.8, 4) is 0 Å². The van der Waals surface area contributed by atoms with E-state index < -0.39 is 0 Å². The second kappa shape index (κ2) is 3.80. The summed E-state index contributed by atoms with van der Waals surface area (Å²) in [4.78, 5) is 19.2. The predicted molar refractivity (Wildman–Crippen MR) is 60.5 cm³/mol. The van der Waals surface area contributed by atoms with Crippen LogP contribution in [-0.2, 0) is 11.3 Å². The lowest BCUT2D eigenvalue weighted by molar-refractivity contribution is -0.118. The van der Waals surface area contributed by atoms with Crippen LogP contribution in [0.1, 0.15) is 12.1 Å². The lowest BCUT2D eigenvalue weighted by Crippen LogP contribution is -2.15. The standard InChI is InChI=1S/C10H13N5O/c1-6-2-3-7-9(13-6)15(10(12)14-7)5-4-8(11)16/h2-3H,4-5H2,1H3,(H2,11,16)(H2,12,14). The Bertz CT molecular complexity index is 545. The summed E-state index contributed by atoms with van der Waals surface area (Å²) >= 11 is 0. The molecule has 6 nitrogen and oxygen atoms in total. The molecule has 0 saturated carbocycles. The fourth-order valence-corrected chi connectivity index (χ4v) is 1.56. The Labute approximate surface area is 92.3 Å². The molecule has 0 radical (unpaired) electrons. The highest BCUT2D eigenvalue weighted by Gasteiger charge is 2.09. The number of pyridine rings is 1. The number of aromatic nitrogens is 3. The van der Waals surface area contributed by atoms with Crippen molar-refractivity contribution < 1.29 is 4.79 Å². The quantitative estimate of drug-likeness (QED) is 0.769. The molecule has 0 aromatic carbocycles. The van der Waals surface area contributed by atoms with E-state index in [9.17, 15) is 4.79 Å². The molecule has 2 aromatic rings. The average Bonchev–Trinajstić information content (AvgIpc) is 2.51. The Kier molecular flexibility index (Phi) is 2.47. The Hall–Kier alpha value is -2.11. The molecule has 2 aromatic heterocycles. The molecule has 0 aliphatic heterocycles. The molecule has 0 aliphatic carbocycles. The summed E-state index contributed by atoms with van der Waals surface area (Å²) < 4.78 is 1.70. The van der Waals surface area contributed by atoms with Gasteiger partial charge in [0.2, 0.25) is 11.9 Å². The van der Waals surface area contributed by atoms with E-state index in [1.54, 1.807) is 4.57 Å². The van der Waals surface area contributed by atoms with Gasteiger partial charge < -0.3 is 11.5 Å². The summed E-state index contributed by atoms with van der Waals surface area (Å²) in [6.45, 7) is 2.30. The smallest absolute Gasteiger partial charge is 0.219 e. The largest absolute Gasteiger partial charge is 0.370 e. The van der Waals surface area contributed by atoms with Gasteiger partial charge in [0.05, 0.1) is 0 Å². The van der Waals surface area contributed by atoms with E-state index in [0.717, 1.165) is 11.2 Å². The van der Waals surface area contributed by atoms with Crippen LogP contribution >= 0.6 is 0 Å². The first-order chi connectivity index (χ1) is 7.58. The van der Waals surface area contributed by atoms with Gasteiger partial charge >= 0.3 is 0 Å². The van der Waals surface area contributed by atoms with Crippen molar-refractivity contribution in [1.82, 2.24) is 14.5 Å². The third-order valence-electron chi connectivity index (χ3n) is 2.34. The van der Waals surface area contributed by atoms with Crippen LogP contribution in [0.25, 0.3) is 11.2 Å². The minimum atomic E-state index is -0.367. The summed E-state index contributed by atoms with van der Waals surface area (Å²) in [6.07, 6.45) is 0.227. The molecule has 2 heterocycles. The highest BCUT2D eigenvalue weighted by molar-refractivity contribution is 5.76. The van der Waals surface area contributed by atoms with Crippen molar-refractivity contribution in [1.29, 1.82) is 0 Å². The lowest BCUT2D eigenvalue weighted by atomic mass is 10.3. The third-order valence-corrected chi connectivity index (χ3v) is 2.34. The van der Waals surface area contributed by atoms with Gasteiger partial charge in [0.15, 0.2) is 5.65 Å². The van der Waals surface area contributed by atoms with Gasteiger partial charge in [-0.15, -0.1) is 0 Å². The molecule has 0 unspecified atom stereocenters. The van der Waals surface area contributed by atoms with Crippen LogP contribution in [0.4, 0.5) is 5.95 Å². The summed E-state index contributed by atoms with van der Waals surface area (Å²) in [6, 6.07) is 3.72. The van der Waals surface area contributed by atoms with Gasteiger partial charge in [0.1, 0.15) is 5.52 Å². The number of nitrogens with two attached hydrogens (primary N) is 2. The van der Waals surface area contributed by atoms with E-state index in [1.165, 1.54) is 0 Å². The van der Waals surface area contributed by atoms with Crippen molar-refractivity contribution in [2.24, 2.45) is 5.73 Å². The maximum absolute atomic E-state index is 10.7. The van der Waals surface area contributed by atoms with Crippen molar-refractivity contribution in [3.63, 3.8) is 0 Å². The molecule has 84 valence electrons. The molecule has 16 heavy (non-hydrogen) atoms. The monoisotopic (exact) mass is 219 g/mol. The van der Waals surface area contributed by atoms with Gasteiger partial charge in [0, 0.05) is 18.7 Å². The van der Waals surface area contributed by atoms with Gasteiger partial charge in [-0.1, -0.05) is 0 Å². The SMILES string of the molecule is Cc1ccc2nc(N)n(CCC(N)=O)c2n1. The van der Waals surface area contributed by atoms with E-state index >= 15 is 0 Å². The van der Waals surface area contributed by atoms with E-state index in [1.807, 2.05) is 19.1 Å². The second-order valence-electron chi connectivity index (χ2n) is 3.63. The fraction of sp³-hybridized carbons (Fsp3) is 0.300. The number of aryl methyl sites for hydroxylation is 2. The molecular weight excluding hydrogens is 206 g/mol. The van der Waals surface area contributed by atoms with Gasteiger partial charge in [-0.2, -0.15) is 0 Å². The molecule has 0 spiro atoms. The zero-order valence-electron chi connectivity index (χ0n) is 8.97. The molecule has 4 N–H and O–H groups in total. The van der Waals surface area contributed by atoms with Gasteiger partial charge in [-0.05, 0) is 19.1 Å². The van der Waals surface area contributed by atoms with Crippen molar-refractivity contribution >= 4 is 23.0 Å². The highest BCUT2D eigenvalue weighted by Crippen LogP contribution is 2.16. The van der Waals surface area contributed by atoms with Crippen LogP contribution in [-0.4, -0.2) is 20.4 Å². The molecule has 0 aliphatic rings. The molecule has 6 heteroatoms. The molecule has 0 bridgehead atoms. The average molecular weight is 219 g/mol. The van der Waals surface area contributed by atoms with Crippen molar-refractivity contribution in [2.45, 2.75) is 19.9 Å². The van der Waals surface area contributed by atoms with E-state index in [4.69, 9.17) is 11.5 Å². The number of primary amides is 1. The number of hydrogen-bond donors (Lipinski definition) is 2. The van der Waals surface area contributed by atoms with Crippen LogP contribution in [0.15, 0.2) is 12.1 Å². The van der Waals surface area contributed by atoms with E-state index in [-0.39, 0.29) is 12.3 Å². The lowest BCUT2D eigenvalue weighted by Gasteiger charge is -2.03. The molecule has 0 saturated heterocycles. The first kappa shape index (κ1) is 10.4. The summed E-state index contributed by atoms with van der Waals surface area (Å²) in [5.74, 6) is -0.0109.